The molecule has 2 N–H and O–H groups in total. The molecule has 0 aliphatic rings. The summed E-state index contributed by atoms with van der Waals surface area (Å²) < 4.78 is 0. The second-order valence-electron chi connectivity index (χ2n) is 4.68. The SMILES string of the molecule is CNc1nc(-c2cccc3ccncc23)c2cn[nH]c2n1. The van der Waals surface area contributed by atoms with Crippen LogP contribution < -0.4 is 5.32 Å². The molecule has 1 aromatic carbocycles. The summed E-state index contributed by atoms with van der Waals surface area (Å²) >= 11 is 0. The number of hydrogen-bond donors (Lipinski definition) is 2. The van der Waals surface area contributed by atoms with Gasteiger partial charge in [0.25, 0.3) is 0 Å². The normalized spacial score (nSPS) is 11.1. The molecule has 0 bridgehead atoms. The molecular weight excluding hydrogens is 264 g/mol. The van der Waals surface area contributed by atoms with Crippen LogP contribution in [0.4, 0.5) is 5.95 Å². The van der Waals surface area contributed by atoms with Gasteiger partial charge in [-0.2, -0.15) is 10.1 Å². The van der Waals surface area contributed by atoms with E-state index in [2.05, 4.69) is 36.5 Å². The average molecular weight is 276 g/mol. The van der Waals surface area contributed by atoms with Gasteiger partial charge in [0.05, 0.1) is 17.3 Å². The molecule has 0 atom stereocenters. The lowest BCUT2D eigenvalue weighted by atomic mass is 10.0. The van der Waals surface area contributed by atoms with Crippen molar-refractivity contribution in [1.29, 1.82) is 0 Å². The molecule has 3 heterocycles. The molecule has 0 aliphatic carbocycles. The van der Waals surface area contributed by atoms with Gasteiger partial charge in [0.15, 0.2) is 5.65 Å². The van der Waals surface area contributed by atoms with Crippen LogP contribution in [0.5, 0.6) is 0 Å². The van der Waals surface area contributed by atoms with Crippen LogP contribution in [0.1, 0.15) is 0 Å². The summed E-state index contributed by atoms with van der Waals surface area (Å²) in [6, 6.07) is 8.11. The van der Waals surface area contributed by atoms with E-state index in [4.69, 9.17) is 0 Å². The van der Waals surface area contributed by atoms with Gasteiger partial charge < -0.3 is 5.32 Å². The summed E-state index contributed by atoms with van der Waals surface area (Å²) in [5.74, 6) is 0.558. The lowest BCUT2D eigenvalue weighted by Gasteiger charge is -2.08. The van der Waals surface area contributed by atoms with E-state index in [-0.39, 0.29) is 0 Å². The lowest BCUT2D eigenvalue weighted by molar-refractivity contribution is 1.09. The van der Waals surface area contributed by atoms with Crippen LogP contribution in [-0.4, -0.2) is 32.2 Å². The van der Waals surface area contributed by atoms with Gasteiger partial charge in [-0.15, -0.1) is 0 Å². The van der Waals surface area contributed by atoms with Crippen LogP contribution in [0.3, 0.4) is 0 Å². The van der Waals surface area contributed by atoms with Gasteiger partial charge in [0.1, 0.15) is 0 Å². The van der Waals surface area contributed by atoms with E-state index in [9.17, 15) is 0 Å². The first kappa shape index (κ1) is 11.8. The largest absolute Gasteiger partial charge is 0.357 e. The molecule has 0 fully saturated rings. The maximum Gasteiger partial charge on any atom is 0.225 e. The molecule has 6 nitrogen and oxygen atoms in total. The van der Waals surface area contributed by atoms with Gasteiger partial charge in [-0.3, -0.25) is 10.1 Å². The number of pyridine rings is 1. The highest BCUT2D eigenvalue weighted by molar-refractivity contribution is 6.02. The van der Waals surface area contributed by atoms with E-state index in [0.29, 0.717) is 11.6 Å². The van der Waals surface area contributed by atoms with Crippen LogP contribution in [0, 0.1) is 0 Å². The Balaban J connectivity index is 2.11. The Bertz CT molecular complexity index is 938. The van der Waals surface area contributed by atoms with Gasteiger partial charge in [-0.25, -0.2) is 4.98 Å². The van der Waals surface area contributed by atoms with Crippen molar-refractivity contribution >= 4 is 27.8 Å². The minimum absolute atomic E-state index is 0.558. The van der Waals surface area contributed by atoms with Crippen LogP contribution in [-0.2, 0) is 0 Å². The monoisotopic (exact) mass is 276 g/mol. The maximum absolute atomic E-state index is 4.60. The van der Waals surface area contributed by atoms with Crippen molar-refractivity contribution in [1.82, 2.24) is 25.1 Å². The first-order valence-corrected chi connectivity index (χ1v) is 6.59. The van der Waals surface area contributed by atoms with Crippen LogP contribution >= 0.6 is 0 Å². The molecule has 0 unspecified atom stereocenters. The fourth-order valence-electron chi connectivity index (χ4n) is 2.47. The van der Waals surface area contributed by atoms with Gasteiger partial charge in [-0.1, -0.05) is 18.2 Å². The topological polar surface area (TPSA) is 79.4 Å². The summed E-state index contributed by atoms with van der Waals surface area (Å²) in [6.45, 7) is 0. The molecule has 4 aromatic rings. The van der Waals surface area contributed by atoms with E-state index >= 15 is 0 Å². The third kappa shape index (κ3) is 1.80. The van der Waals surface area contributed by atoms with Gasteiger partial charge >= 0.3 is 0 Å². The van der Waals surface area contributed by atoms with Crippen molar-refractivity contribution in [2.75, 3.05) is 12.4 Å². The van der Waals surface area contributed by atoms with Gasteiger partial charge in [-0.05, 0) is 11.5 Å². The summed E-state index contributed by atoms with van der Waals surface area (Å²) in [5.41, 5.74) is 2.58. The molecule has 0 saturated carbocycles. The maximum atomic E-state index is 4.60. The number of hydrogen-bond acceptors (Lipinski definition) is 5. The second kappa shape index (κ2) is 4.52. The van der Waals surface area contributed by atoms with Crippen molar-refractivity contribution in [2.45, 2.75) is 0 Å². The Labute approximate surface area is 120 Å². The molecule has 0 radical (unpaired) electrons. The number of H-pyrrole nitrogens is 1. The Kier molecular flexibility index (Phi) is 2.53. The summed E-state index contributed by atoms with van der Waals surface area (Å²) in [5, 5.41) is 13.0. The number of rotatable bonds is 2. The molecule has 6 heteroatoms. The summed E-state index contributed by atoms with van der Waals surface area (Å²) in [4.78, 5) is 13.2. The van der Waals surface area contributed by atoms with Crippen molar-refractivity contribution < 1.29 is 0 Å². The third-order valence-electron chi connectivity index (χ3n) is 3.47. The summed E-state index contributed by atoms with van der Waals surface area (Å²) in [7, 11) is 1.80. The van der Waals surface area contributed by atoms with Crippen LogP contribution in [0.15, 0.2) is 42.9 Å². The zero-order valence-electron chi connectivity index (χ0n) is 11.3. The van der Waals surface area contributed by atoms with Crippen molar-refractivity contribution in [3.63, 3.8) is 0 Å². The molecule has 3 aromatic heterocycles. The second-order valence-corrected chi connectivity index (χ2v) is 4.68. The first-order valence-electron chi connectivity index (χ1n) is 6.59. The number of fused-ring (bicyclic) bond motifs is 2. The smallest absolute Gasteiger partial charge is 0.225 e. The number of anilines is 1. The highest BCUT2D eigenvalue weighted by Gasteiger charge is 2.13. The number of aromatic amines is 1. The molecule has 0 spiro atoms. The van der Waals surface area contributed by atoms with Crippen molar-refractivity contribution in [3.8, 4) is 11.3 Å². The van der Waals surface area contributed by atoms with E-state index in [1.54, 1.807) is 19.4 Å². The summed E-state index contributed by atoms with van der Waals surface area (Å²) in [6.07, 6.45) is 5.40. The molecule has 102 valence electrons. The lowest BCUT2D eigenvalue weighted by Crippen LogP contribution is -1.98. The predicted molar refractivity (Wildman–Crippen MR) is 82.0 cm³/mol. The van der Waals surface area contributed by atoms with E-state index in [1.807, 2.05) is 24.4 Å². The predicted octanol–water partition coefficient (Wildman–Crippen LogP) is 2.61. The van der Waals surface area contributed by atoms with Gasteiger partial charge in [0.2, 0.25) is 5.95 Å². The van der Waals surface area contributed by atoms with Crippen LogP contribution in [0.25, 0.3) is 33.1 Å². The molecule has 0 amide bonds. The number of nitrogens with one attached hydrogen (secondary N) is 2. The Morgan fingerprint density at radius 1 is 1.05 bits per heavy atom. The molecule has 0 saturated heterocycles. The van der Waals surface area contributed by atoms with E-state index in [1.165, 1.54) is 0 Å². The quantitative estimate of drug-likeness (QED) is 0.588. The zero-order valence-corrected chi connectivity index (χ0v) is 11.3. The minimum Gasteiger partial charge on any atom is -0.357 e. The van der Waals surface area contributed by atoms with Gasteiger partial charge in [0, 0.05) is 30.4 Å². The zero-order chi connectivity index (χ0) is 14.2. The fraction of sp³-hybridized carbons (Fsp3) is 0.0667. The Hall–Kier alpha value is -3.02. The molecule has 21 heavy (non-hydrogen) atoms. The number of benzene rings is 1. The fourth-order valence-corrected chi connectivity index (χ4v) is 2.47. The number of aromatic nitrogens is 5. The van der Waals surface area contributed by atoms with Crippen LogP contribution in [0.2, 0.25) is 0 Å². The molecule has 0 aliphatic heterocycles. The van der Waals surface area contributed by atoms with E-state index < -0.39 is 0 Å². The first-order chi connectivity index (χ1) is 10.4. The molecule has 4 rings (SSSR count). The minimum atomic E-state index is 0.558. The highest BCUT2D eigenvalue weighted by atomic mass is 15.2. The Morgan fingerprint density at radius 3 is 2.90 bits per heavy atom. The van der Waals surface area contributed by atoms with E-state index in [0.717, 1.165) is 27.4 Å². The average Bonchev–Trinajstić information content (AvgIpc) is 3.02. The molecular formula is C15H12N6. The van der Waals surface area contributed by atoms with Crippen molar-refractivity contribution in [3.05, 3.63) is 42.9 Å². The highest BCUT2D eigenvalue weighted by Crippen LogP contribution is 2.31. The number of nitrogens with zero attached hydrogens (tertiary/aromatic N) is 4. The standard InChI is InChI=1S/C15H12N6/c1-16-15-19-13(12-8-18-21-14(12)20-15)10-4-2-3-9-5-6-17-7-11(9)10/h2-8H,1H3,(H2,16,18,19,20,21). The third-order valence-corrected chi connectivity index (χ3v) is 3.47. The van der Waals surface area contributed by atoms with Crippen molar-refractivity contribution in [2.24, 2.45) is 0 Å². The Morgan fingerprint density at radius 2 is 2.00 bits per heavy atom.